The minimum absolute atomic E-state index is 0.000949. The van der Waals surface area contributed by atoms with E-state index in [1.165, 1.54) is 0 Å². The molecule has 0 radical (unpaired) electrons. The van der Waals surface area contributed by atoms with Crippen LogP contribution in [-0.2, 0) is 4.79 Å². The molecule has 0 saturated heterocycles. The van der Waals surface area contributed by atoms with Crippen LogP contribution in [0.3, 0.4) is 0 Å². The molecule has 0 aromatic carbocycles. The first kappa shape index (κ1) is 14.2. The molecule has 0 rings (SSSR count). The molecule has 4 N–H and O–H groups in total. The van der Waals surface area contributed by atoms with Crippen molar-refractivity contribution in [1.29, 1.82) is 0 Å². The van der Waals surface area contributed by atoms with Crippen molar-refractivity contribution in [1.82, 2.24) is 4.90 Å². The summed E-state index contributed by atoms with van der Waals surface area (Å²) in [6.07, 6.45) is -4.11. The number of hydrogen-bond acceptors (Lipinski definition) is 3. The summed E-state index contributed by atoms with van der Waals surface area (Å²) in [7, 11) is 0. The van der Waals surface area contributed by atoms with Crippen LogP contribution in [0.1, 0.15) is 13.3 Å². The molecule has 0 aliphatic rings. The van der Waals surface area contributed by atoms with Gasteiger partial charge in [0.1, 0.15) is 0 Å². The number of rotatable bonds is 6. The van der Waals surface area contributed by atoms with E-state index in [-0.39, 0.29) is 19.5 Å². The number of nitrogens with two attached hydrogens (primary N) is 2. The van der Waals surface area contributed by atoms with Crippen molar-refractivity contribution in [2.45, 2.75) is 25.6 Å². The van der Waals surface area contributed by atoms with Gasteiger partial charge in [0.05, 0.1) is 12.6 Å². The van der Waals surface area contributed by atoms with E-state index in [0.717, 1.165) is 4.90 Å². The molecule has 15 heavy (non-hydrogen) atoms. The first-order valence-corrected chi connectivity index (χ1v) is 4.62. The third kappa shape index (κ3) is 5.58. The van der Waals surface area contributed by atoms with Gasteiger partial charge in [-0.15, -0.1) is 0 Å². The zero-order valence-electron chi connectivity index (χ0n) is 8.55. The normalized spacial score (nSPS) is 14.3. The summed E-state index contributed by atoms with van der Waals surface area (Å²) >= 11 is 0. The summed E-state index contributed by atoms with van der Waals surface area (Å²) in [5.41, 5.74) is 10.2. The Hall–Kier alpha value is -0.820. The van der Waals surface area contributed by atoms with E-state index in [4.69, 9.17) is 11.5 Å². The van der Waals surface area contributed by atoms with E-state index in [1.54, 1.807) is 6.92 Å². The Balaban J connectivity index is 4.55. The van der Waals surface area contributed by atoms with Crippen LogP contribution >= 0.6 is 0 Å². The molecule has 0 aliphatic carbocycles. The molecule has 0 aromatic rings. The van der Waals surface area contributed by atoms with Crippen molar-refractivity contribution < 1.29 is 18.0 Å². The highest BCUT2D eigenvalue weighted by molar-refractivity contribution is 5.79. The number of halogens is 3. The molecule has 7 heteroatoms. The highest BCUT2D eigenvalue weighted by Crippen LogP contribution is 2.18. The smallest absolute Gasteiger partial charge is 0.368 e. The zero-order valence-corrected chi connectivity index (χ0v) is 8.55. The second-order valence-electron chi connectivity index (χ2n) is 3.20. The van der Waals surface area contributed by atoms with Crippen molar-refractivity contribution >= 4 is 5.91 Å². The average molecular weight is 227 g/mol. The number of hydrogen-bond donors (Lipinski definition) is 2. The van der Waals surface area contributed by atoms with Gasteiger partial charge in [0, 0.05) is 13.1 Å². The Morgan fingerprint density at radius 1 is 1.47 bits per heavy atom. The van der Waals surface area contributed by atoms with E-state index in [9.17, 15) is 18.0 Å². The van der Waals surface area contributed by atoms with Crippen molar-refractivity contribution in [2.75, 3.05) is 19.6 Å². The predicted octanol–water partition coefficient (Wildman–Crippen LogP) is 0.0733. The average Bonchev–Trinajstić information content (AvgIpc) is 2.01. The fourth-order valence-electron chi connectivity index (χ4n) is 1.38. The van der Waals surface area contributed by atoms with Crippen LogP contribution in [0, 0.1) is 0 Å². The first-order valence-electron chi connectivity index (χ1n) is 4.62. The van der Waals surface area contributed by atoms with Gasteiger partial charge in [-0.25, -0.2) is 0 Å². The maximum absolute atomic E-state index is 12.2. The molecule has 4 nitrogen and oxygen atoms in total. The highest BCUT2D eigenvalue weighted by Gasteiger charge is 2.34. The van der Waals surface area contributed by atoms with Gasteiger partial charge in [-0.2, -0.15) is 13.2 Å². The summed E-state index contributed by atoms with van der Waals surface area (Å²) < 4.78 is 36.5. The number of carbonyl (C=O) groups is 1. The van der Waals surface area contributed by atoms with Crippen molar-refractivity contribution in [3.8, 4) is 0 Å². The molecule has 1 atom stereocenters. The lowest BCUT2D eigenvalue weighted by molar-refractivity contribution is -0.154. The fourth-order valence-corrected chi connectivity index (χ4v) is 1.38. The summed E-state index contributed by atoms with van der Waals surface area (Å²) in [5, 5.41) is 0. The molecule has 0 fully saturated rings. The van der Waals surface area contributed by atoms with Gasteiger partial charge in [-0.1, -0.05) is 6.92 Å². The standard InChI is InChI=1S/C8H16F3N3O/c1-2-6(7(13)15)14(4-3-12)5-8(9,10)11/h6H,2-5,12H2,1H3,(H2,13,15). The Morgan fingerprint density at radius 2 is 2.00 bits per heavy atom. The fraction of sp³-hybridized carbons (Fsp3) is 0.875. The van der Waals surface area contributed by atoms with Gasteiger partial charge < -0.3 is 11.5 Å². The van der Waals surface area contributed by atoms with Crippen LogP contribution in [0.2, 0.25) is 0 Å². The van der Waals surface area contributed by atoms with E-state index in [0.29, 0.717) is 0 Å². The molecule has 0 bridgehead atoms. The van der Waals surface area contributed by atoms with Gasteiger partial charge in [0.25, 0.3) is 0 Å². The summed E-state index contributed by atoms with van der Waals surface area (Å²) in [5.74, 6) is -0.754. The van der Waals surface area contributed by atoms with Crippen LogP contribution in [0.25, 0.3) is 0 Å². The Kier molecular flexibility index (Phi) is 5.59. The van der Waals surface area contributed by atoms with Crippen LogP contribution in [0.5, 0.6) is 0 Å². The van der Waals surface area contributed by atoms with Gasteiger partial charge in [0.15, 0.2) is 0 Å². The first-order chi connectivity index (χ1) is 6.81. The zero-order chi connectivity index (χ0) is 12.1. The quantitative estimate of drug-likeness (QED) is 0.674. The number of amides is 1. The maximum atomic E-state index is 12.2. The van der Waals surface area contributed by atoms with Crippen molar-refractivity contribution in [2.24, 2.45) is 11.5 Å². The van der Waals surface area contributed by atoms with Crippen LogP contribution in [0.4, 0.5) is 13.2 Å². The lowest BCUT2D eigenvalue weighted by Gasteiger charge is -2.28. The molecular weight excluding hydrogens is 211 g/mol. The molecular formula is C8H16F3N3O. The van der Waals surface area contributed by atoms with Gasteiger partial charge in [-0.3, -0.25) is 9.69 Å². The molecule has 0 spiro atoms. The van der Waals surface area contributed by atoms with Crippen LogP contribution in [0.15, 0.2) is 0 Å². The number of carbonyl (C=O) groups excluding carboxylic acids is 1. The number of alkyl halides is 3. The van der Waals surface area contributed by atoms with Crippen LogP contribution < -0.4 is 11.5 Å². The van der Waals surface area contributed by atoms with Gasteiger partial charge >= 0.3 is 6.18 Å². The molecule has 0 aliphatic heterocycles. The Labute approximate surface area is 86.4 Å². The third-order valence-electron chi connectivity index (χ3n) is 1.95. The van der Waals surface area contributed by atoms with E-state index in [2.05, 4.69) is 0 Å². The maximum Gasteiger partial charge on any atom is 0.401 e. The SMILES string of the molecule is CCC(C(N)=O)N(CCN)CC(F)(F)F. The van der Waals surface area contributed by atoms with Gasteiger partial charge in [-0.05, 0) is 6.42 Å². The molecule has 0 saturated carbocycles. The molecule has 0 heterocycles. The molecule has 1 unspecified atom stereocenters. The van der Waals surface area contributed by atoms with E-state index in [1.807, 2.05) is 0 Å². The largest absolute Gasteiger partial charge is 0.401 e. The van der Waals surface area contributed by atoms with E-state index < -0.39 is 24.7 Å². The third-order valence-corrected chi connectivity index (χ3v) is 1.95. The Bertz CT molecular complexity index is 208. The molecule has 90 valence electrons. The second-order valence-corrected chi connectivity index (χ2v) is 3.20. The predicted molar refractivity (Wildman–Crippen MR) is 50.0 cm³/mol. The van der Waals surface area contributed by atoms with E-state index >= 15 is 0 Å². The lowest BCUT2D eigenvalue weighted by Crippen LogP contribution is -2.49. The molecule has 1 amide bonds. The topological polar surface area (TPSA) is 72.4 Å². The summed E-state index contributed by atoms with van der Waals surface area (Å²) in [6, 6.07) is -0.907. The summed E-state index contributed by atoms with van der Waals surface area (Å²) in [6.45, 7) is 0.502. The minimum atomic E-state index is -4.35. The second kappa shape index (κ2) is 5.92. The number of primary amides is 1. The molecule has 0 aromatic heterocycles. The van der Waals surface area contributed by atoms with Gasteiger partial charge in [0.2, 0.25) is 5.91 Å². The minimum Gasteiger partial charge on any atom is -0.368 e. The Morgan fingerprint density at radius 3 is 2.27 bits per heavy atom. The number of nitrogens with zero attached hydrogens (tertiary/aromatic N) is 1. The monoisotopic (exact) mass is 227 g/mol. The van der Waals surface area contributed by atoms with Crippen molar-refractivity contribution in [3.63, 3.8) is 0 Å². The van der Waals surface area contributed by atoms with Crippen molar-refractivity contribution in [3.05, 3.63) is 0 Å². The van der Waals surface area contributed by atoms with Crippen LogP contribution in [-0.4, -0.2) is 42.7 Å². The highest BCUT2D eigenvalue weighted by atomic mass is 19.4. The summed E-state index contributed by atoms with van der Waals surface area (Å²) in [4.78, 5) is 11.9. The lowest BCUT2D eigenvalue weighted by atomic mass is 10.1.